The third-order valence-corrected chi connectivity index (χ3v) is 6.79. The molecule has 1 N–H and O–H groups in total. The van der Waals surface area contributed by atoms with Gasteiger partial charge in [0.25, 0.3) is 0 Å². The zero-order valence-electron chi connectivity index (χ0n) is 20.8. The number of aryl methyl sites for hydroxylation is 1. The predicted octanol–water partition coefficient (Wildman–Crippen LogP) is 7.85. The number of hydrogen-bond acceptors (Lipinski definition) is 3. The summed E-state index contributed by atoms with van der Waals surface area (Å²) in [5.41, 5.74) is -0.243. The Hall–Kier alpha value is -2.61. The van der Waals surface area contributed by atoms with Crippen molar-refractivity contribution in [1.29, 1.82) is 0 Å². The molecule has 1 aliphatic carbocycles. The number of rotatable bonds is 11. The van der Waals surface area contributed by atoms with E-state index >= 15 is 0 Å². The minimum Gasteiger partial charge on any atom is -0.389 e. The molecule has 0 spiro atoms. The lowest BCUT2D eigenvalue weighted by molar-refractivity contribution is -0.137. The molecule has 0 aliphatic heterocycles. The van der Waals surface area contributed by atoms with Crippen LogP contribution in [0.2, 0.25) is 0 Å². The van der Waals surface area contributed by atoms with Crippen LogP contribution in [0.15, 0.2) is 41.4 Å². The molecule has 3 nitrogen and oxygen atoms in total. The zero-order chi connectivity index (χ0) is 26.7. The Kier molecular flexibility index (Phi) is 8.70. The second kappa shape index (κ2) is 11.2. The van der Waals surface area contributed by atoms with E-state index in [0.717, 1.165) is 31.0 Å². The van der Waals surface area contributed by atoms with E-state index in [9.17, 15) is 31.9 Å². The molecule has 0 saturated heterocycles. The Balaban J connectivity index is 1.86. The molecule has 0 bridgehead atoms. The lowest BCUT2D eigenvalue weighted by atomic mass is 9.87. The van der Waals surface area contributed by atoms with E-state index in [1.165, 1.54) is 25.1 Å². The van der Waals surface area contributed by atoms with Gasteiger partial charge in [-0.2, -0.15) is 13.2 Å². The quantitative estimate of drug-likeness (QED) is 0.248. The zero-order valence-corrected chi connectivity index (χ0v) is 20.8. The first kappa shape index (κ1) is 28.0. The second-order valence-electron chi connectivity index (χ2n) is 9.97. The fraction of sp³-hybridized carbons (Fsp3) is 0.500. The van der Waals surface area contributed by atoms with Gasteiger partial charge in [-0.1, -0.05) is 6.92 Å². The van der Waals surface area contributed by atoms with Crippen molar-refractivity contribution in [2.45, 2.75) is 83.4 Å². The lowest BCUT2D eigenvalue weighted by Crippen LogP contribution is -2.30. The third-order valence-electron chi connectivity index (χ3n) is 6.79. The monoisotopic (exact) mass is 509 g/mol. The van der Waals surface area contributed by atoms with Crippen LogP contribution in [0, 0.1) is 24.5 Å². The molecule has 2 aromatic carbocycles. The summed E-state index contributed by atoms with van der Waals surface area (Å²) in [6.07, 6.45) is -1.25. The van der Waals surface area contributed by atoms with Crippen molar-refractivity contribution in [3.63, 3.8) is 0 Å². The van der Waals surface area contributed by atoms with Crippen LogP contribution in [-0.2, 0) is 11.0 Å². The fourth-order valence-corrected chi connectivity index (χ4v) is 4.66. The number of nitrogens with zero attached hydrogens (tertiary/aromatic N) is 1. The van der Waals surface area contributed by atoms with E-state index in [-0.39, 0.29) is 24.5 Å². The Morgan fingerprint density at radius 2 is 1.72 bits per heavy atom. The van der Waals surface area contributed by atoms with Gasteiger partial charge in [-0.25, -0.2) is 8.78 Å². The maximum Gasteiger partial charge on any atom is 0.416 e. The van der Waals surface area contributed by atoms with Gasteiger partial charge in [0.05, 0.1) is 16.9 Å². The molecule has 0 amide bonds. The van der Waals surface area contributed by atoms with Gasteiger partial charge in [-0.15, -0.1) is 0 Å². The summed E-state index contributed by atoms with van der Waals surface area (Å²) >= 11 is 0. The van der Waals surface area contributed by atoms with E-state index in [2.05, 4.69) is 4.99 Å². The van der Waals surface area contributed by atoms with Crippen LogP contribution >= 0.6 is 0 Å². The molecular weight excluding hydrogens is 477 g/mol. The Morgan fingerprint density at radius 1 is 1.08 bits per heavy atom. The molecule has 8 heteroatoms. The van der Waals surface area contributed by atoms with Gasteiger partial charge < -0.3 is 5.11 Å². The molecule has 3 rings (SSSR count). The van der Waals surface area contributed by atoms with Gasteiger partial charge in [0, 0.05) is 30.5 Å². The smallest absolute Gasteiger partial charge is 0.389 e. The highest BCUT2D eigenvalue weighted by Crippen LogP contribution is 2.41. The van der Waals surface area contributed by atoms with Crippen molar-refractivity contribution in [2.24, 2.45) is 10.9 Å². The number of carbonyl (C=O) groups excluding carboxylic acids is 1. The minimum atomic E-state index is -4.48. The van der Waals surface area contributed by atoms with Crippen LogP contribution in [-0.4, -0.2) is 22.2 Å². The predicted molar refractivity (Wildman–Crippen MR) is 129 cm³/mol. The maximum atomic E-state index is 14.0. The van der Waals surface area contributed by atoms with Gasteiger partial charge >= 0.3 is 6.18 Å². The van der Waals surface area contributed by atoms with Crippen LogP contribution in [0.4, 0.5) is 27.6 Å². The lowest BCUT2D eigenvalue weighted by Gasteiger charge is -2.22. The number of alkyl halides is 3. The van der Waals surface area contributed by atoms with E-state index < -0.39 is 34.9 Å². The van der Waals surface area contributed by atoms with Crippen molar-refractivity contribution in [2.75, 3.05) is 0 Å². The number of carbonyl (C=O) groups is 1. The van der Waals surface area contributed by atoms with Gasteiger partial charge in [0.15, 0.2) is 0 Å². The highest BCUT2D eigenvalue weighted by atomic mass is 19.4. The summed E-state index contributed by atoms with van der Waals surface area (Å²) in [7, 11) is 0. The molecular formula is C28H32F5NO2. The number of aliphatic imine (C=N–C) groups is 1. The normalized spacial score (nSPS) is 17.1. The average molecular weight is 510 g/mol. The van der Waals surface area contributed by atoms with Gasteiger partial charge in [-0.3, -0.25) is 9.79 Å². The molecule has 2 atom stereocenters. The molecule has 196 valence electrons. The highest BCUT2D eigenvalue weighted by molar-refractivity contribution is 5.93. The van der Waals surface area contributed by atoms with Gasteiger partial charge in [0.2, 0.25) is 0 Å². The Morgan fingerprint density at radius 3 is 2.25 bits per heavy atom. The SMILES string of the molecule is CCC(C(CCCC(=O)C[C@](C)(O)C1CC1)=Nc1ccc(C(F)(F)F)cc1C)c1cc(F)cc(F)c1. The van der Waals surface area contributed by atoms with E-state index in [0.29, 0.717) is 41.8 Å². The van der Waals surface area contributed by atoms with Crippen LogP contribution in [0.3, 0.4) is 0 Å². The standard InChI is InChI=1S/C28H32F5NO2/c1-4-24(18-13-21(29)15-22(30)14-18)26(7-5-6-23(35)16-27(3,36)19-8-9-19)34-25-11-10-20(12-17(25)2)28(31,32)33/h10-15,19,24,36H,4-9,16H2,1-3H3/t24?,27-/m0/s1. The van der Waals surface area contributed by atoms with Crippen molar-refractivity contribution in [1.82, 2.24) is 0 Å². The van der Waals surface area contributed by atoms with E-state index in [1.807, 2.05) is 6.92 Å². The topological polar surface area (TPSA) is 49.7 Å². The Labute approximate surface area is 208 Å². The molecule has 2 aromatic rings. The molecule has 1 saturated carbocycles. The summed E-state index contributed by atoms with van der Waals surface area (Å²) in [5, 5.41) is 10.5. The number of aliphatic hydroxyl groups is 1. The van der Waals surface area contributed by atoms with Gasteiger partial charge in [0.1, 0.15) is 17.4 Å². The first-order chi connectivity index (χ1) is 16.8. The largest absolute Gasteiger partial charge is 0.416 e. The second-order valence-corrected chi connectivity index (χ2v) is 9.97. The fourth-order valence-electron chi connectivity index (χ4n) is 4.66. The van der Waals surface area contributed by atoms with Crippen molar-refractivity contribution >= 4 is 17.2 Å². The molecule has 0 heterocycles. The minimum absolute atomic E-state index is 0.0640. The first-order valence-corrected chi connectivity index (χ1v) is 12.3. The van der Waals surface area contributed by atoms with E-state index in [1.54, 1.807) is 6.92 Å². The summed E-state index contributed by atoms with van der Waals surface area (Å²) in [5.74, 6) is -1.88. The first-order valence-electron chi connectivity index (χ1n) is 12.3. The number of benzene rings is 2. The molecule has 0 aromatic heterocycles. The van der Waals surface area contributed by atoms with Crippen molar-refractivity contribution in [3.05, 3.63) is 64.7 Å². The van der Waals surface area contributed by atoms with Crippen molar-refractivity contribution < 1.29 is 31.9 Å². The summed E-state index contributed by atoms with van der Waals surface area (Å²) in [4.78, 5) is 17.2. The van der Waals surface area contributed by atoms with Crippen molar-refractivity contribution in [3.8, 4) is 0 Å². The van der Waals surface area contributed by atoms with E-state index in [4.69, 9.17) is 0 Å². The number of hydrogen-bond donors (Lipinski definition) is 1. The summed E-state index contributed by atoms with van der Waals surface area (Å²) in [6, 6.07) is 6.49. The molecule has 36 heavy (non-hydrogen) atoms. The third kappa shape index (κ3) is 7.45. The highest BCUT2D eigenvalue weighted by Gasteiger charge is 2.41. The molecule has 0 radical (unpaired) electrons. The van der Waals surface area contributed by atoms with Crippen LogP contribution in [0.1, 0.15) is 81.4 Å². The van der Waals surface area contributed by atoms with Crippen LogP contribution in [0.25, 0.3) is 0 Å². The number of ketones is 1. The summed E-state index contributed by atoms with van der Waals surface area (Å²) < 4.78 is 67.2. The molecule has 1 unspecified atom stereocenters. The average Bonchev–Trinajstić information content (AvgIpc) is 3.60. The molecule has 1 fully saturated rings. The number of Topliss-reactive ketones (excluding diaryl/α,β-unsaturated/α-hetero) is 1. The van der Waals surface area contributed by atoms with Crippen LogP contribution < -0.4 is 0 Å². The number of halogens is 5. The van der Waals surface area contributed by atoms with Crippen LogP contribution in [0.5, 0.6) is 0 Å². The summed E-state index contributed by atoms with van der Waals surface area (Å²) in [6.45, 7) is 5.03. The van der Waals surface area contributed by atoms with Gasteiger partial charge in [-0.05, 0) is 93.3 Å². The maximum absolute atomic E-state index is 14.0. The molecule has 1 aliphatic rings. The Bertz CT molecular complexity index is 1100.